The molecule has 1 aromatic rings. The van der Waals surface area contributed by atoms with Crippen molar-refractivity contribution in [2.75, 3.05) is 0 Å². The van der Waals surface area contributed by atoms with Gasteiger partial charge in [-0.25, -0.2) is 0 Å². The van der Waals surface area contributed by atoms with Gasteiger partial charge in [-0.3, -0.25) is 4.79 Å². The zero-order chi connectivity index (χ0) is 12.3. The Labute approximate surface area is 102 Å². The number of carbonyl (C=O) groups excluding carboxylic acids is 1. The van der Waals surface area contributed by atoms with Crippen LogP contribution in [0.1, 0.15) is 37.7 Å². The fourth-order valence-corrected chi connectivity index (χ4v) is 2.07. The van der Waals surface area contributed by atoms with Gasteiger partial charge in [0.1, 0.15) is 0 Å². The lowest BCUT2D eigenvalue weighted by atomic mass is 9.93. The first-order valence-electron chi connectivity index (χ1n) is 6.27. The molecule has 1 saturated carbocycles. The third-order valence-corrected chi connectivity index (χ3v) is 3.32. The molecule has 17 heavy (non-hydrogen) atoms. The van der Waals surface area contributed by atoms with Gasteiger partial charge in [0.15, 0.2) is 0 Å². The highest BCUT2D eigenvalue weighted by atomic mass is 16.1. The largest absolute Gasteiger partial charge is 0.368 e. The first kappa shape index (κ1) is 12.1. The predicted octanol–water partition coefficient (Wildman–Crippen LogP) is 1.79. The second-order valence-electron chi connectivity index (χ2n) is 4.94. The standard InChI is InChI=1S/C14H20N2O/c1-10(11-5-3-2-4-6-11)9-13(14(15)17)16-12-7-8-12/h2-6,10,12-13,16H,7-9H2,1H3,(H2,15,17). The molecule has 0 saturated heterocycles. The predicted molar refractivity (Wildman–Crippen MR) is 68.6 cm³/mol. The van der Waals surface area contributed by atoms with E-state index in [0.29, 0.717) is 12.0 Å². The Kier molecular flexibility index (Phi) is 3.79. The van der Waals surface area contributed by atoms with Crippen LogP contribution in [0.15, 0.2) is 30.3 Å². The number of nitrogens with one attached hydrogen (secondary N) is 1. The first-order valence-corrected chi connectivity index (χ1v) is 6.27. The summed E-state index contributed by atoms with van der Waals surface area (Å²) in [5.74, 6) is 0.111. The summed E-state index contributed by atoms with van der Waals surface area (Å²) in [5, 5.41) is 3.32. The number of nitrogens with two attached hydrogens (primary N) is 1. The molecule has 2 unspecified atom stereocenters. The summed E-state index contributed by atoms with van der Waals surface area (Å²) < 4.78 is 0. The zero-order valence-electron chi connectivity index (χ0n) is 10.2. The number of rotatable bonds is 6. The molecule has 0 aliphatic heterocycles. The van der Waals surface area contributed by atoms with Gasteiger partial charge in [0, 0.05) is 6.04 Å². The summed E-state index contributed by atoms with van der Waals surface area (Å²) in [5.41, 5.74) is 6.70. The molecule has 1 aromatic carbocycles. The van der Waals surface area contributed by atoms with Crippen LogP contribution in [-0.4, -0.2) is 18.0 Å². The second kappa shape index (κ2) is 5.32. The molecule has 92 valence electrons. The van der Waals surface area contributed by atoms with Crippen molar-refractivity contribution < 1.29 is 4.79 Å². The van der Waals surface area contributed by atoms with Crippen molar-refractivity contribution in [2.45, 2.75) is 44.2 Å². The van der Waals surface area contributed by atoms with E-state index in [-0.39, 0.29) is 11.9 Å². The van der Waals surface area contributed by atoms with Gasteiger partial charge in [-0.2, -0.15) is 0 Å². The van der Waals surface area contributed by atoms with Crippen LogP contribution in [0.25, 0.3) is 0 Å². The lowest BCUT2D eigenvalue weighted by molar-refractivity contribution is -0.120. The Bertz CT molecular complexity index is 373. The highest BCUT2D eigenvalue weighted by Crippen LogP contribution is 2.24. The number of carbonyl (C=O) groups is 1. The quantitative estimate of drug-likeness (QED) is 0.785. The fraction of sp³-hybridized carbons (Fsp3) is 0.500. The Hall–Kier alpha value is -1.35. The molecule has 3 heteroatoms. The van der Waals surface area contributed by atoms with Crippen LogP contribution in [0.5, 0.6) is 0 Å². The Morgan fingerprint density at radius 2 is 2.06 bits per heavy atom. The average Bonchev–Trinajstić information content (AvgIpc) is 3.13. The lowest BCUT2D eigenvalue weighted by Crippen LogP contribution is -2.43. The highest BCUT2D eigenvalue weighted by Gasteiger charge is 2.28. The summed E-state index contributed by atoms with van der Waals surface area (Å²) in [6, 6.07) is 10.6. The van der Waals surface area contributed by atoms with Crippen LogP contribution in [0.2, 0.25) is 0 Å². The van der Waals surface area contributed by atoms with Gasteiger partial charge in [0.25, 0.3) is 0 Å². The van der Waals surface area contributed by atoms with Crippen molar-refractivity contribution in [3.8, 4) is 0 Å². The Morgan fingerprint density at radius 3 is 2.59 bits per heavy atom. The highest BCUT2D eigenvalue weighted by molar-refractivity contribution is 5.80. The summed E-state index contributed by atoms with van der Waals surface area (Å²) in [6.45, 7) is 2.14. The molecule has 0 spiro atoms. The van der Waals surface area contributed by atoms with Gasteiger partial charge < -0.3 is 11.1 Å². The summed E-state index contributed by atoms with van der Waals surface area (Å²) in [7, 11) is 0. The van der Waals surface area contributed by atoms with E-state index in [1.165, 1.54) is 18.4 Å². The number of benzene rings is 1. The summed E-state index contributed by atoms with van der Waals surface area (Å²) in [4.78, 5) is 11.4. The molecule has 3 N–H and O–H groups in total. The van der Waals surface area contributed by atoms with Gasteiger partial charge in [-0.1, -0.05) is 37.3 Å². The molecule has 0 bridgehead atoms. The molecule has 2 atom stereocenters. The van der Waals surface area contributed by atoms with Crippen LogP contribution < -0.4 is 11.1 Å². The molecule has 2 rings (SSSR count). The third-order valence-electron chi connectivity index (χ3n) is 3.32. The Morgan fingerprint density at radius 1 is 1.41 bits per heavy atom. The minimum atomic E-state index is -0.236. The smallest absolute Gasteiger partial charge is 0.234 e. The fourth-order valence-electron chi connectivity index (χ4n) is 2.07. The first-order chi connectivity index (χ1) is 8.16. The van der Waals surface area contributed by atoms with Crippen molar-refractivity contribution >= 4 is 5.91 Å². The van der Waals surface area contributed by atoms with Gasteiger partial charge in [-0.05, 0) is 30.7 Å². The SMILES string of the molecule is CC(CC(NC1CC1)C(N)=O)c1ccccc1. The average molecular weight is 232 g/mol. The van der Waals surface area contributed by atoms with Crippen LogP contribution >= 0.6 is 0 Å². The molecule has 0 heterocycles. The molecule has 0 aromatic heterocycles. The van der Waals surface area contributed by atoms with Crippen LogP contribution in [0.3, 0.4) is 0 Å². The maximum atomic E-state index is 11.4. The normalized spacial score (nSPS) is 18.6. The third kappa shape index (κ3) is 3.56. The molecular formula is C14H20N2O. The van der Waals surface area contributed by atoms with Crippen LogP contribution in [-0.2, 0) is 4.79 Å². The molecule has 0 radical (unpaired) electrons. The molecular weight excluding hydrogens is 212 g/mol. The van der Waals surface area contributed by atoms with E-state index in [4.69, 9.17) is 5.73 Å². The van der Waals surface area contributed by atoms with Crippen molar-refractivity contribution in [3.05, 3.63) is 35.9 Å². The van der Waals surface area contributed by atoms with E-state index < -0.39 is 0 Å². The van der Waals surface area contributed by atoms with Crippen molar-refractivity contribution in [2.24, 2.45) is 5.73 Å². The van der Waals surface area contributed by atoms with E-state index in [9.17, 15) is 4.79 Å². The molecule has 1 fully saturated rings. The van der Waals surface area contributed by atoms with Gasteiger partial charge in [-0.15, -0.1) is 0 Å². The zero-order valence-corrected chi connectivity index (χ0v) is 10.2. The van der Waals surface area contributed by atoms with Gasteiger partial charge >= 0.3 is 0 Å². The molecule has 3 nitrogen and oxygen atoms in total. The summed E-state index contributed by atoms with van der Waals surface area (Å²) in [6.07, 6.45) is 3.11. The van der Waals surface area contributed by atoms with E-state index in [0.717, 1.165) is 6.42 Å². The Balaban J connectivity index is 1.94. The number of hydrogen-bond acceptors (Lipinski definition) is 2. The maximum absolute atomic E-state index is 11.4. The minimum absolute atomic E-state index is 0.197. The lowest BCUT2D eigenvalue weighted by Gasteiger charge is -2.19. The minimum Gasteiger partial charge on any atom is -0.368 e. The van der Waals surface area contributed by atoms with Crippen molar-refractivity contribution in [1.29, 1.82) is 0 Å². The molecule has 1 amide bonds. The van der Waals surface area contributed by atoms with Gasteiger partial charge in [0.05, 0.1) is 6.04 Å². The van der Waals surface area contributed by atoms with E-state index in [1.54, 1.807) is 0 Å². The van der Waals surface area contributed by atoms with Crippen LogP contribution in [0.4, 0.5) is 0 Å². The molecule has 1 aliphatic rings. The van der Waals surface area contributed by atoms with Crippen molar-refractivity contribution in [1.82, 2.24) is 5.32 Å². The van der Waals surface area contributed by atoms with Crippen molar-refractivity contribution in [3.63, 3.8) is 0 Å². The van der Waals surface area contributed by atoms with Gasteiger partial charge in [0.2, 0.25) is 5.91 Å². The number of primary amides is 1. The molecule has 1 aliphatic carbocycles. The second-order valence-corrected chi connectivity index (χ2v) is 4.94. The maximum Gasteiger partial charge on any atom is 0.234 e. The van der Waals surface area contributed by atoms with E-state index >= 15 is 0 Å². The monoisotopic (exact) mass is 232 g/mol. The van der Waals surface area contributed by atoms with E-state index in [1.807, 2.05) is 18.2 Å². The van der Waals surface area contributed by atoms with Crippen LogP contribution in [0, 0.1) is 0 Å². The summed E-state index contributed by atoms with van der Waals surface area (Å²) >= 11 is 0. The topological polar surface area (TPSA) is 55.1 Å². The van der Waals surface area contributed by atoms with E-state index in [2.05, 4.69) is 24.4 Å². The number of hydrogen-bond donors (Lipinski definition) is 2. The number of amides is 1.